The lowest BCUT2D eigenvalue weighted by molar-refractivity contribution is -0.384. The van der Waals surface area contributed by atoms with Crippen molar-refractivity contribution in [2.24, 2.45) is 0 Å². The quantitative estimate of drug-likeness (QED) is 0.175. The Kier molecular flexibility index (Phi) is 6.86. The number of benzene rings is 2. The molecular formula is C29H29N5O3S. The number of hydrogen-bond acceptors (Lipinski definition) is 5. The van der Waals surface area contributed by atoms with Crippen molar-refractivity contribution in [2.45, 2.75) is 39.3 Å². The Morgan fingerprint density at radius 2 is 1.87 bits per heavy atom. The third-order valence-electron chi connectivity index (χ3n) is 7.12. The number of nitrogens with one attached hydrogen (secondary N) is 1. The topological polar surface area (TPSA) is 85.5 Å². The molecule has 0 saturated carbocycles. The van der Waals surface area contributed by atoms with Gasteiger partial charge in [0, 0.05) is 35.4 Å². The van der Waals surface area contributed by atoms with E-state index in [9.17, 15) is 10.1 Å². The lowest BCUT2D eigenvalue weighted by Crippen LogP contribution is -2.29. The minimum Gasteiger partial charge on any atom is -0.495 e. The van der Waals surface area contributed by atoms with Gasteiger partial charge in [0.15, 0.2) is 5.11 Å². The Labute approximate surface area is 227 Å². The Hall–Kier alpha value is -4.24. The molecule has 5 rings (SSSR count). The second-order valence-corrected chi connectivity index (χ2v) is 9.68. The standard InChI is InChI=1S/C29H29N5O3S/c1-5-20-9-11-21(12-10-20)33-28(27(31-29(33)38)24-8-6-7-15-30-24)23-16-18(2)32(19(23)3)25-17-22(34(35)36)13-14-26(25)37-4/h6-17,27-28H,5H2,1-4H3,(H,31,38)/t27-,28+/m1/s1. The molecule has 1 fully saturated rings. The number of nitro groups is 1. The number of thiocarbonyl (C=S) groups is 1. The summed E-state index contributed by atoms with van der Waals surface area (Å²) in [5.74, 6) is 0.553. The van der Waals surface area contributed by atoms with Crippen LogP contribution in [0.5, 0.6) is 5.75 Å². The van der Waals surface area contributed by atoms with Gasteiger partial charge in [-0.2, -0.15) is 0 Å². The van der Waals surface area contributed by atoms with Gasteiger partial charge in [-0.25, -0.2) is 0 Å². The Balaban J connectivity index is 1.69. The maximum absolute atomic E-state index is 11.6. The number of pyridine rings is 1. The molecule has 1 saturated heterocycles. The van der Waals surface area contributed by atoms with E-state index in [1.165, 1.54) is 11.6 Å². The summed E-state index contributed by atoms with van der Waals surface area (Å²) >= 11 is 5.88. The number of methoxy groups -OCH3 is 1. The van der Waals surface area contributed by atoms with Crippen molar-refractivity contribution in [3.05, 3.63) is 111 Å². The van der Waals surface area contributed by atoms with E-state index < -0.39 is 4.92 Å². The van der Waals surface area contributed by atoms with E-state index in [1.54, 1.807) is 25.4 Å². The zero-order chi connectivity index (χ0) is 27.0. The van der Waals surface area contributed by atoms with Crippen LogP contribution in [0.25, 0.3) is 5.69 Å². The smallest absolute Gasteiger partial charge is 0.271 e. The van der Waals surface area contributed by atoms with Crippen LogP contribution in [0.1, 0.15) is 47.2 Å². The summed E-state index contributed by atoms with van der Waals surface area (Å²) < 4.78 is 7.61. The van der Waals surface area contributed by atoms with Crippen LogP contribution in [0.3, 0.4) is 0 Å². The molecule has 0 aliphatic carbocycles. The third kappa shape index (κ3) is 4.39. The van der Waals surface area contributed by atoms with Crippen LogP contribution in [0.15, 0.2) is 72.9 Å². The molecule has 0 spiro atoms. The van der Waals surface area contributed by atoms with E-state index in [4.69, 9.17) is 17.0 Å². The molecule has 9 heteroatoms. The first-order valence-corrected chi connectivity index (χ1v) is 12.9. The Bertz CT molecular complexity index is 1500. The van der Waals surface area contributed by atoms with E-state index in [0.29, 0.717) is 16.5 Å². The summed E-state index contributed by atoms with van der Waals surface area (Å²) in [6.07, 6.45) is 2.74. The summed E-state index contributed by atoms with van der Waals surface area (Å²) in [7, 11) is 1.57. The molecule has 4 aromatic rings. The molecule has 8 nitrogen and oxygen atoms in total. The highest BCUT2D eigenvalue weighted by molar-refractivity contribution is 7.80. The number of anilines is 1. The molecule has 1 N–H and O–H groups in total. The number of rotatable bonds is 7. The highest BCUT2D eigenvalue weighted by atomic mass is 32.1. The van der Waals surface area contributed by atoms with Gasteiger partial charge in [0.1, 0.15) is 5.75 Å². The molecule has 1 aliphatic rings. The van der Waals surface area contributed by atoms with Crippen molar-refractivity contribution in [2.75, 3.05) is 12.0 Å². The molecule has 194 valence electrons. The Morgan fingerprint density at radius 1 is 1.11 bits per heavy atom. The normalized spacial score (nSPS) is 16.9. The largest absolute Gasteiger partial charge is 0.495 e. The van der Waals surface area contributed by atoms with E-state index in [1.807, 2.05) is 36.6 Å². The molecule has 1 aliphatic heterocycles. The van der Waals surface area contributed by atoms with Gasteiger partial charge in [0.05, 0.1) is 35.5 Å². The minimum absolute atomic E-state index is 0.00237. The van der Waals surface area contributed by atoms with E-state index >= 15 is 0 Å². The predicted molar refractivity (Wildman–Crippen MR) is 152 cm³/mol. The van der Waals surface area contributed by atoms with Crippen LogP contribution >= 0.6 is 12.2 Å². The highest BCUT2D eigenvalue weighted by Crippen LogP contribution is 2.44. The van der Waals surface area contributed by atoms with Crippen LogP contribution in [0, 0.1) is 24.0 Å². The molecule has 2 aromatic carbocycles. The van der Waals surface area contributed by atoms with Gasteiger partial charge in [-0.05, 0) is 80.0 Å². The SMILES string of the molecule is CCc1ccc(N2C(=S)N[C@H](c3ccccn3)[C@@H]2c2cc(C)n(-c3cc([N+](=O)[O-])ccc3OC)c2C)cc1. The average molecular weight is 528 g/mol. The Morgan fingerprint density at radius 3 is 2.50 bits per heavy atom. The van der Waals surface area contributed by atoms with E-state index in [-0.39, 0.29) is 17.8 Å². The van der Waals surface area contributed by atoms with Gasteiger partial charge in [0.25, 0.3) is 5.69 Å². The fraction of sp³-hybridized carbons (Fsp3) is 0.241. The fourth-order valence-electron chi connectivity index (χ4n) is 5.27. The van der Waals surface area contributed by atoms with Crippen molar-refractivity contribution >= 4 is 28.7 Å². The number of aryl methyl sites for hydroxylation is 2. The van der Waals surface area contributed by atoms with Crippen LogP contribution in [0.2, 0.25) is 0 Å². The third-order valence-corrected chi connectivity index (χ3v) is 7.44. The fourth-order valence-corrected chi connectivity index (χ4v) is 5.61. The van der Waals surface area contributed by atoms with Crippen LogP contribution in [-0.4, -0.2) is 26.7 Å². The molecule has 38 heavy (non-hydrogen) atoms. The molecule has 3 heterocycles. The van der Waals surface area contributed by atoms with Crippen molar-refractivity contribution in [3.63, 3.8) is 0 Å². The average Bonchev–Trinajstić information content (AvgIpc) is 3.43. The zero-order valence-electron chi connectivity index (χ0n) is 21.7. The van der Waals surface area contributed by atoms with Crippen LogP contribution in [0.4, 0.5) is 11.4 Å². The van der Waals surface area contributed by atoms with Crippen molar-refractivity contribution < 1.29 is 9.66 Å². The molecule has 0 amide bonds. The van der Waals surface area contributed by atoms with Crippen LogP contribution in [-0.2, 0) is 6.42 Å². The van der Waals surface area contributed by atoms with Gasteiger partial charge < -0.3 is 19.5 Å². The van der Waals surface area contributed by atoms with Crippen LogP contribution < -0.4 is 15.0 Å². The van der Waals surface area contributed by atoms with Crippen molar-refractivity contribution in [1.82, 2.24) is 14.9 Å². The molecule has 0 radical (unpaired) electrons. The summed E-state index contributed by atoms with van der Waals surface area (Å²) in [5.41, 5.74) is 6.64. The summed E-state index contributed by atoms with van der Waals surface area (Å²) in [5, 5.41) is 15.7. The van der Waals surface area contributed by atoms with E-state index in [2.05, 4.69) is 52.5 Å². The number of nitro benzene ring substituents is 1. The summed E-state index contributed by atoms with van der Waals surface area (Å²) in [4.78, 5) is 18.0. The number of non-ortho nitro benzene ring substituents is 1. The minimum atomic E-state index is -0.393. The highest BCUT2D eigenvalue weighted by Gasteiger charge is 2.42. The lowest BCUT2D eigenvalue weighted by atomic mass is 9.96. The monoisotopic (exact) mass is 527 g/mol. The first kappa shape index (κ1) is 25.4. The maximum atomic E-state index is 11.6. The van der Waals surface area contributed by atoms with Crippen molar-refractivity contribution in [1.29, 1.82) is 0 Å². The van der Waals surface area contributed by atoms with Gasteiger partial charge in [-0.1, -0.05) is 25.1 Å². The predicted octanol–water partition coefficient (Wildman–Crippen LogP) is 6.15. The molecular weight excluding hydrogens is 498 g/mol. The molecule has 2 atom stereocenters. The number of nitrogens with zero attached hydrogens (tertiary/aromatic N) is 4. The van der Waals surface area contributed by atoms with Crippen molar-refractivity contribution in [3.8, 4) is 11.4 Å². The van der Waals surface area contributed by atoms with Gasteiger partial charge >= 0.3 is 0 Å². The summed E-state index contributed by atoms with van der Waals surface area (Å²) in [6, 6.07) is 20.7. The number of aromatic nitrogens is 2. The molecule has 0 unspecified atom stereocenters. The number of hydrogen-bond donors (Lipinski definition) is 1. The zero-order valence-corrected chi connectivity index (χ0v) is 22.5. The molecule has 0 bridgehead atoms. The van der Waals surface area contributed by atoms with E-state index in [0.717, 1.165) is 34.8 Å². The van der Waals surface area contributed by atoms with Gasteiger partial charge in [0.2, 0.25) is 0 Å². The second-order valence-electron chi connectivity index (χ2n) is 9.29. The van der Waals surface area contributed by atoms with Gasteiger partial charge in [-0.3, -0.25) is 15.1 Å². The molecule has 2 aromatic heterocycles. The summed E-state index contributed by atoms with van der Waals surface area (Å²) in [6.45, 7) is 6.15. The first-order valence-electron chi connectivity index (χ1n) is 12.4. The maximum Gasteiger partial charge on any atom is 0.271 e. The van der Waals surface area contributed by atoms with Gasteiger partial charge in [-0.15, -0.1) is 0 Å². The second kappa shape index (κ2) is 10.3. The number of ether oxygens (including phenoxy) is 1. The lowest BCUT2D eigenvalue weighted by Gasteiger charge is -2.28. The first-order chi connectivity index (χ1) is 18.3.